The number of halogens is 2. The van der Waals surface area contributed by atoms with E-state index in [2.05, 4.69) is 77.1 Å². The lowest BCUT2D eigenvalue weighted by molar-refractivity contribution is 0.249. The molecule has 9 heteroatoms. The van der Waals surface area contributed by atoms with Gasteiger partial charge in [0.05, 0.1) is 6.33 Å². The zero-order valence-electron chi connectivity index (χ0n) is 13.6. The van der Waals surface area contributed by atoms with Crippen LogP contribution >= 0.6 is 23.4 Å². The molecular weight excluding hydrogens is 361 g/mol. The van der Waals surface area contributed by atoms with Gasteiger partial charge in [-0.3, -0.25) is 4.90 Å². The molecule has 1 aliphatic rings. The Hall–Kier alpha value is -1.93. The van der Waals surface area contributed by atoms with E-state index in [9.17, 15) is 0 Å². The van der Waals surface area contributed by atoms with Crippen LogP contribution in [0, 0.1) is 0 Å². The fraction of sp³-hybridized carbons (Fsp3) is 0.312. The Labute approximate surface area is 155 Å². The van der Waals surface area contributed by atoms with E-state index >= 15 is 0 Å². The lowest BCUT2D eigenvalue weighted by Crippen LogP contribution is -2.46. The Kier molecular flexibility index (Phi) is 6.04. The maximum Gasteiger partial charge on any atom is 0.226 e. The van der Waals surface area contributed by atoms with Crippen molar-refractivity contribution in [3.05, 3.63) is 47.5 Å². The number of nitrogens with one attached hydrogen (secondary N) is 1. The van der Waals surface area contributed by atoms with Gasteiger partial charge in [-0.25, -0.2) is 10.2 Å². The van der Waals surface area contributed by atoms with Crippen molar-refractivity contribution in [3.8, 4) is 0 Å². The molecule has 0 amide bonds. The number of aromatic amines is 1. The fourth-order valence-corrected chi connectivity index (χ4v) is 3.14. The van der Waals surface area contributed by atoms with Crippen molar-refractivity contribution in [3.63, 3.8) is 0 Å². The van der Waals surface area contributed by atoms with Crippen molar-refractivity contribution in [2.75, 3.05) is 31.1 Å². The molecule has 1 saturated heterocycles. The van der Waals surface area contributed by atoms with E-state index < -0.39 is 0 Å². The molecule has 1 aliphatic heterocycles. The molecule has 0 spiro atoms. The first kappa shape index (κ1) is 17.9. The number of nitrogens with two attached hydrogens (primary N) is 1. The van der Waals surface area contributed by atoms with E-state index in [1.54, 1.807) is 6.33 Å². The first-order valence-corrected chi connectivity index (χ1v) is 8.71. The molecule has 0 saturated carbocycles. The maximum absolute atomic E-state index is 6.02. The Balaban J connectivity index is 0.000000880. The smallest absolute Gasteiger partial charge is 0.226 e. The molecule has 0 atom stereocenters. The van der Waals surface area contributed by atoms with Crippen molar-refractivity contribution in [1.82, 2.24) is 24.8 Å². The second kappa shape index (κ2) is 8.44. The van der Waals surface area contributed by atoms with Gasteiger partial charge in [0.1, 0.15) is 5.52 Å². The summed E-state index contributed by atoms with van der Waals surface area (Å²) in [6.07, 6.45) is 1.63. The number of aromatic nitrogens is 4. The summed E-state index contributed by atoms with van der Waals surface area (Å²) in [5.41, 5.74) is 2.82. The summed E-state index contributed by atoms with van der Waals surface area (Å²) in [4.78, 5) is 20.5. The Morgan fingerprint density at radius 1 is 1.04 bits per heavy atom. The van der Waals surface area contributed by atoms with Crippen LogP contribution in [-0.4, -0.2) is 51.0 Å². The van der Waals surface area contributed by atoms with Gasteiger partial charge < -0.3 is 9.88 Å². The van der Waals surface area contributed by atoms with Crippen LogP contribution in [0.1, 0.15) is 5.56 Å². The van der Waals surface area contributed by atoms with Crippen molar-refractivity contribution in [1.29, 1.82) is 0 Å². The number of anilines is 1. The van der Waals surface area contributed by atoms with Crippen LogP contribution in [-0.2, 0) is 6.54 Å². The molecule has 0 radical (unpaired) electrons. The zero-order valence-corrected chi connectivity index (χ0v) is 15.1. The van der Waals surface area contributed by atoms with E-state index in [4.69, 9.17) is 11.6 Å². The molecule has 132 valence electrons. The van der Waals surface area contributed by atoms with Crippen molar-refractivity contribution >= 4 is 40.4 Å². The van der Waals surface area contributed by atoms with Gasteiger partial charge in [0.2, 0.25) is 5.28 Å². The summed E-state index contributed by atoms with van der Waals surface area (Å²) < 4.78 is 0. The summed E-state index contributed by atoms with van der Waals surface area (Å²) in [5.74, 6) is 0.844. The lowest BCUT2D eigenvalue weighted by atomic mass is 10.2. The van der Waals surface area contributed by atoms with Gasteiger partial charge >= 0.3 is 0 Å². The topological polar surface area (TPSA) is 87.0 Å². The highest BCUT2D eigenvalue weighted by Crippen LogP contribution is 2.24. The minimum atomic E-state index is 0.242. The summed E-state index contributed by atoms with van der Waals surface area (Å²) in [6.45, 7) is 4.79. The first-order valence-electron chi connectivity index (χ1n) is 7.89. The molecule has 2 aromatic heterocycles. The van der Waals surface area contributed by atoms with Crippen LogP contribution in [0.5, 0.6) is 0 Å². The zero-order chi connectivity index (χ0) is 17.6. The molecule has 3 aromatic rings. The molecule has 0 unspecified atom stereocenters. The molecule has 1 aromatic carbocycles. The molecule has 3 N–H and O–H groups in total. The quantitative estimate of drug-likeness (QED) is 0.536. The molecule has 0 bridgehead atoms. The van der Waals surface area contributed by atoms with Crippen molar-refractivity contribution < 1.29 is 0 Å². The summed E-state index contributed by atoms with van der Waals surface area (Å²) in [7, 11) is 0. The highest BCUT2D eigenvalue weighted by atomic mass is 35.5. The van der Waals surface area contributed by atoms with E-state index in [0.29, 0.717) is 5.65 Å². The predicted molar refractivity (Wildman–Crippen MR) is 101 cm³/mol. The van der Waals surface area contributed by atoms with E-state index in [0.717, 1.165) is 44.1 Å². The number of imidazole rings is 1. The van der Waals surface area contributed by atoms with Crippen LogP contribution in [0.25, 0.3) is 11.2 Å². The second-order valence-corrected chi connectivity index (χ2v) is 6.00. The highest BCUT2D eigenvalue weighted by molar-refractivity contribution is 6.28. The third-order valence-electron chi connectivity index (χ3n) is 4.16. The largest absolute Gasteiger partial charge is 0.352 e. The van der Waals surface area contributed by atoms with Gasteiger partial charge in [-0.2, -0.15) is 9.97 Å². The minimum absolute atomic E-state index is 0.242. The molecule has 3 heterocycles. The Bertz CT molecular complexity index is 801. The highest BCUT2D eigenvalue weighted by Gasteiger charge is 2.21. The Morgan fingerprint density at radius 3 is 2.48 bits per heavy atom. The van der Waals surface area contributed by atoms with Crippen LogP contribution in [0.3, 0.4) is 0 Å². The summed E-state index contributed by atoms with van der Waals surface area (Å²) >= 11 is 10.2. The third-order valence-corrected chi connectivity index (χ3v) is 4.33. The monoisotopic (exact) mass is 379 g/mol. The van der Waals surface area contributed by atoms with Crippen molar-refractivity contribution in [2.45, 2.75) is 6.54 Å². The number of nitrogens with zero attached hydrogens (tertiary/aromatic N) is 5. The number of H-pyrrole nitrogens is 1. The van der Waals surface area contributed by atoms with Crippen LogP contribution in [0.2, 0.25) is 5.28 Å². The van der Waals surface area contributed by atoms with Gasteiger partial charge in [-0.05, 0) is 28.9 Å². The average molecular weight is 380 g/mol. The minimum Gasteiger partial charge on any atom is -0.352 e. The normalized spacial score (nSPS) is 15.1. The third kappa shape index (κ3) is 4.19. The van der Waals surface area contributed by atoms with Gasteiger partial charge in [-0.1, -0.05) is 30.3 Å². The van der Waals surface area contributed by atoms with E-state index in [1.807, 2.05) is 0 Å². The fourth-order valence-electron chi connectivity index (χ4n) is 2.98. The van der Waals surface area contributed by atoms with Gasteiger partial charge in [-0.15, -0.1) is 0 Å². The van der Waals surface area contributed by atoms with Crippen LogP contribution < -0.4 is 10.2 Å². The lowest BCUT2D eigenvalue weighted by Gasteiger charge is -2.35. The molecule has 25 heavy (non-hydrogen) atoms. The average Bonchev–Trinajstić information content (AvgIpc) is 3.12. The number of piperazine rings is 1. The van der Waals surface area contributed by atoms with Crippen LogP contribution in [0.4, 0.5) is 5.82 Å². The molecule has 4 rings (SSSR count). The van der Waals surface area contributed by atoms with E-state index in [1.165, 1.54) is 5.56 Å². The SMILES string of the molecule is Clc1nc(N2CCN(Cc3ccccc3)CC2)c2[nH]cnc2n1.NCl. The predicted octanol–water partition coefficient (Wildman–Crippen LogP) is 2.43. The van der Waals surface area contributed by atoms with Crippen molar-refractivity contribution in [2.24, 2.45) is 5.25 Å². The number of hydrogen-bond acceptors (Lipinski definition) is 6. The molecule has 1 fully saturated rings. The summed E-state index contributed by atoms with van der Waals surface area (Å²) in [6, 6.07) is 10.6. The molecular formula is C16H19Cl2N7. The van der Waals surface area contributed by atoms with Gasteiger partial charge in [0.25, 0.3) is 0 Å². The first-order chi connectivity index (χ1) is 12.3. The Morgan fingerprint density at radius 2 is 1.76 bits per heavy atom. The summed E-state index contributed by atoms with van der Waals surface area (Å²) in [5, 5.41) is 4.21. The standard InChI is InChI=1S/C16H17ClN6.ClH2N/c17-16-20-14-13(18-11-19-14)15(21-16)23-8-6-22(7-9-23)10-12-4-2-1-3-5-12;1-2/h1-5,11H,6-10H2,(H,18,19,20,21);2H2. The van der Waals surface area contributed by atoms with Gasteiger partial charge in [0.15, 0.2) is 11.5 Å². The number of hydrogen-bond donors (Lipinski definition) is 2. The number of benzene rings is 1. The van der Waals surface area contributed by atoms with Crippen LogP contribution in [0.15, 0.2) is 36.7 Å². The van der Waals surface area contributed by atoms with Gasteiger partial charge in [0, 0.05) is 32.7 Å². The number of rotatable bonds is 3. The maximum atomic E-state index is 6.02. The number of fused-ring (bicyclic) bond motifs is 1. The molecule has 0 aliphatic carbocycles. The van der Waals surface area contributed by atoms with E-state index in [-0.39, 0.29) is 5.28 Å². The second-order valence-electron chi connectivity index (χ2n) is 5.67. The molecule has 7 nitrogen and oxygen atoms in total.